The van der Waals surface area contributed by atoms with E-state index in [1.807, 2.05) is 11.8 Å². The first-order valence-electron chi connectivity index (χ1n) is 10.1. The summed E-state index contributed by atoms with van der Waals surface area (Å²) in [7, 11) is 0. The monoisotopic (exact) mass is 406 g/mol. The minimum Gasteiger partial charge on any atom is -0.492 e. The molecule has 3 saturated heterocycles. The Morgan fingerprint density at radius 2 is 2.21 bits per heavy atom. The van der Waals surface area contributed by atoms with Gasteiger partial charge in [-0.25, -0.2) is 0 Å². The number of ether oxygens (including phenoxy) is 2. The molecule has 3 heterocycles. The summed E-state index contributed by atoms with van der Waals surface area (Å²) in [6.07, 6.45) is 1.86. The van der Waals surface area contributed by atoms with Crippen LogP contribution in [0, 0.1) is 5.92 Å². The number of hydrogen-bond acceptors (Lipinski definition) is 4. The Kier molecular flexibility index (Phi) is 5.04. The molecule has 3 aliphatic heterocycles. The second-order valence-corrected chi connectivity index (χ2v) is 8.60. The number of amides is 2. The summed E-state index contributed by atoms with van der Waals surface area (Å²) in [6, 6.07) is 4.97. The van der Waals surface area contributed by atoms with Crippen molar-refractivity contribution >= 4 is 23.4 Å². The van der Waals surface area contributed by atoms with E-state index in [1.165, 1.54) is 0 Å². The molecule has 0 radical (unpaired) electrons. The van der Waals surface area contributed by atoms with Crippen molar-refractivity contribution in [2.24, 2.45) is 5.92 Å². The first kappa shape index (κ1) is 19.5. The van der Waals surface area contributed by atoms with Gasteiger partial charge in [-0.05, 0) is 30.5 Å². The third-order valence-electron chi connectivity index (χ3n) is 6.16. The summed E-state index contributed by atoms with van der Waals surface area (Å²) in [4.78, 5) is 29.7. The van der Waals surface area contributed by atoms with E-state index in [0.717, 1.165) is 6.42 Å². The maximum absolute atomic E-state index is 13.2. The van der Waals surface area contributed by atoms with Gasteiger partial charge in [-0.15, -0.1) is 0 Å². The Morgan fingerprint density at radius 1 is 1.43 bits per heavy atom. The van der Waals surface area contributed by atoms with Gasteiger partial charge in [-0.2, -0.15) is 0 Å². The Balaban J connectivity index is 1.56. The van der Waals surface area contributed by atoms with Crippen molar-refractivity contribution in [1.29, 1.82) is 0 Å². The zero-order valence-corrected chi connectivity index (χ0v) is 17.4. The van der Waals surface area contributed by atoms with Gasteiger partial charge < -0.3 is 19.3 Å². The Hall–Kier alpha value is -1.79. The van der Waals surface area contributed by atoms with E-state index in [0.29, 0.717) is 54.9 Å². The van der Waals surface area contributed by atoms with Crippen LogP contribution in [-0.2, 0) is 9.53 Å². The van der Waals surface area contributed by atoms with E-state index < -0.39 is 5.72 Å². The van der Waals surface area contributed by atoms with Gasteiger partial charge in [0.05, 0.1) is 36.7 Å². The van der Waals surface area contributed by atoms with E-state index in [2.05, 4.69) is 13.8 Å². The second-order valence-electron chi connectivity index (χ2n) is 8.19. The molecular weight excluding hydrogens is 380 g/mol. The second kappa shape index (κ2) is 7.23. The molecule has 6 nitrogen and oxygen atoms in total. The number of carbonyl (C=O) groups excluding carboxylic acids is 2. The summed E-state index contributed by atoms with van der Waals surface area (Å²) in [6.45, 7) is 7.93. The molecule has 3 aliphatic rings. The van der Waals surface area contributed by atoms with Crippen LogP contribution >= 0.6 is 11.6 Å². The Labute approximate surface area is 170 Å². The van der Waals surface area contributed by atoms with Gasteiger partial charge in [0.1, 0.15) is 5.75 Å². The maximum Gasteiger partial charge on any atom is 0.254 e. The van der Waals surface area contributed by atoms with Crippen LogP contribution in [0.1, 0.15) is 50.4 Å². The molecule has 1 aromatic rings. The predicted octanol–water partition coefficient (Wildman–Crippen LogP) is 3.33. The molecule has 7 heteroatoms. The quantitative estimate of drug-likeness (QED) is 0.752. The highest BCUT2D eigenvalue weighted by molar-refractivity contribution is 6.32. The molecule has 0 unspecified atom stereocenters. The predicted molar refractivity (Wildman–Crippen MR) is 105 cm³/mol. The summed E-state index contributed by atoms with van der Waals surface area (Å²) in [5.41, 5.74) is -0.148. The molecule has 1 spiro atoms. The van der Waals surface area contributed by atoms with Crippen molar-refractivity contribution in [1.82, 2.24) is 9.80 Å². The highest BCUT2D eigenvalue weighted by atomic mass is 35.5. The van der Waals surface area contributed by atoms with Crippen molar-refractivity contribution in [3.8, 4) is 5.75 Å². The van der Waals surface area contributed by atoms with Gasteiger partial charge in [-0.3, -0.25) is 9.59 Å². The zero-order chi connectivity index (χ0) is 20.1. The largest absolute Gasteiger partial charge is 0.492 e. The van der Waals surface area contributed by atoms with Gasteiger partial charge >= 0.3 is 0 Å². The number of carbonyl (C=O) groups is 2. The molecule has 0 aliphatic carbocycles. The third-order valence-corrected chi connectivity index (χ3v) is 6.45. The first-order valence-corrected chi connectivity index (χ1v) is 10.5. The van der Waals surface area contributed by atoms with Crippen LogP contribution in [0.4, 0.5) is 0 Å². The molecule has 0 aromatic heterocycles. The molecule has 2 amide bonds. The fraction of sp³-hybridized carbons (Fsp3) is 0.619. The summed E-state index contributed by atoms with van der Waals surface area (Å²) < 4.78 is 11.8. The van der Waals surface area contributed by atoms with Gasteiger partial charge in [0, 0.05) is 18.5 Å². The lowest BCUT2D eigenvalue weighted by Gasteiger charge is -2.34. The number of likely N-dealkylation sites (tertiary alicyclic amines) is 1. The zero-order valence-electron chi connectivity index (χ0n) is 16.6. The molecule has 0 N–H and O–H groups in total. The summed E-state index contributed by atoms with van der Waals surface area (Å²) in [5, 5.41) is 0.425. The summed E-state index contributed by atoms with van der Waals surface area (Å²) >= 11 is 6.31. The molecule has 28 heavy (non-hydrogen) atoms. The number of rotatable bonds is 5. The van der Waals surface area contributed by atoms with Crippen LogP contribution in [-0.4, -0.2) is 59.2 Å². The normalized spacial score (nSPS) is 28.8. The minimum absolute atomic E-state index is 0.0806. The van der Waals surface area contributed by atoms with E-state index in [1.54, 1.807) is 23.1 Å². The van der Waals surface area contributed by atoms with Crippen molar-refractivity contribution in [3.63, 3.8) is 0 Å². The van der Waals surface area contributed by atoms with Crippen molar-refractivity contribution in [3.05, 3.63) is 28.8 Å². The van der Waals surface area contributed by atoms with Crippen LogP contribution in [0.2, 0.25) is 5.02 Å². The molecule has 0 saturated carbocycles. The van der Waals surface area contributed by atoms with E-state index in [4.69, 9.17) is 21.1 Å². The van der Waals surface area contributed by atoms with Crippen molar-refractivity contribution < 1.29 is 19.1 Å². The number of halogens is 1. The maximum atomic E-state index is 13.2. The van der Waals surface area contributed by atoms with Crippen LogP contribution in [0.3, 0.4) is 0 Å². The Morgan fingerprint density at radius 3 is 2.89 bits per heavy atom. The topological polar surface area (TPSA) is 59.1 Å². The van der Waals surface area contributed by atoms with E-state index in [9.17, 15) is 9.59 Å². The fourth-order valence-corrected chi connectivity index (χ4v) is 4.98. The average Bonchev–Trinajstić information content (AvgIpc) is 3.29. The molecule has 3 fully saturated rings. The fourth-order valence-electron chi connectivity index (χ4n) is 4.74. The molecule has 3 atom stereocenters. The van der Waals surface area contributed by atoms with Gasteiger partial charge in [-0.1, -0.05) is 32.4 Å². The average molecular weight is 407 g/mol. The molecular formula is C21H27ClN2O4. The number of benzene rings is 1. The molecule has 1 aromatic carbocycles. The highest BCUT2D eigenvalue weighted by Gasteiger charge is 2.65. The third kappa shape index (κ3) is 2.89. The molecule has 4 rings (SSSR count). The van der Waals surface area contributed by atoms with E-state index in [-0.39, 0.29) is 23.9 Å². The van der Waals surface area contributed by atoms with Gasteiger partial charge in [0.15, 0.2) is 5.72 Å². The summed E-state index contributed by atoms with van der Waals surface area (Å²) in [5.74, 6) is 0.873. The van der Waals surface area contributed by atoms with Crippen molar-refractivity contribution in [2.45, 2.75) is 57.8 Å². The number of hydrogen-bond donors (Lipinski definition) is 0. The molecule has 152 valence electrons. The molecule has 0 bridgehead atoms. The smallest absolute Gasteiger partial charge is 0.254 e. The van der Waals surface area contributed by atoms with Crippen LogP contribution < -0.4 is 4.74 Å². The highest BCUT2D eigenvalue weighted by Crippen LogP contribution is 2.49. The van der Waals surface area contributed by atoms with Crippen LogP contribution in [0.15, 0.2) is 18.2 Å². The van der Waals surface area contributed by atoms with E-state index >= 15 is 0 Å². The van der Waals surface area contributed by atoms with Crippen molar-refractivity contribution in [2.75, 3.05) is 19.8 Å². The Bertz CT molecular complexity index is 799. The van der Waals surface area contributed by atoms with Gasteiger partial charge in [0.25, 0.3) is 5.91 Å². The minimum atomic E-state index is -0.657. The standard InChI is InChI=1S/C21H27ClN2O4/c1-4-9-27-17-6-5-14(10-15(17)22)20(26)23-8-7-21-18(23)11-19(25)24(21)16(12-28-21)13(2)3/h5-6,10,13,16,18H,4,7-9,11-12H2,1-3H3/t16-,18+,21-/m0/s1. The lowest BCUT2D eigenvalue weighted by Crippen LogP contribution is -2.51. The lowest BCUT2D eigenvalue weighted by atomic mass is 10.0. The SMILES string of the molecule is CCCOc1ccc(C(=O)N2CC[C@@]34OC[C@@H](C(C)C)N3C(=O)C[C@@H]24)cc1Cl. The van der Waals surface area contributed by atoms with Crippen LogP contribution in [0.5, 0.6) is 5.75 Å². The van der Waals surface area contributed by atoms with Gasteiger partial charge in [0.2, 0.25) is 5.91 Å². The van der Waals surface area contributed by atoms with Crippen LogP contribution in [0.25, 0.3) is 0 Å². The number of nitrogens with zero attached hydrogens (tertiary/aromatic N) is 2. The first-order chi connectivity index (χ1) is 13.4. The lowest BCUT2D eigenvalue weighted by molar-refractivity contribution is -0.139.